The molecule has 0 unspecified atom stereocenters. The number of halogens is 1. The van der Waals surface area contributed by atoms with Crippen molar-refractivity contribution in [2.24, 2.45) is 5.92 Å². The largest absolute Gasteiger partial charge is 0.478 e. The molecule has 5 heteroatoms. The molecule has 110 valence electrons. The van der Waals surface area contributed by atoms with E-state index in [1.807, 2.05) is 13.1 Å². The fourth-order valence-corrected chi connectivity index (χ4v) is 2.91. The van der Waals surface area contributed by atoms with Crippen LogP contribution in [0.3, 0.4) is 0 Å². The first-order valence-corrected chi connectivity index (χ1v) is 7.27. The molecule has 1 fully saturated rings. The molecule has 1 aliphatic heterocycles. The summed E-state index contributed by atoms with van der Waals surface area (Å²) in [5.41, 5.74) is 1.13. The lowest BCUT2D eigenvalue weighted by Crippen LogP contribution is -2.35. The van der Waals surface area contributed by atoms with E-state index < -0.39 is 5.97 Å². The van der Waals surface area contributed by atoms with Crippen LogP contribution in [0, 0.1) is 5.92 Å². The fraction of sp³-hybridized carbons (Fsp3) is 0.533. The Kier molecular flexibility index (Phi) is 4.89. The average molecular weight is 297 g/mol. The number of aromatic carboxylic acids is 1. The monoisotopic (exact) mass is 296 g/mol. The summed E-state index contributed by atoms with van der Waals surface area (Å²) in [7, 11) is 4.19. The maximum absolute atomic E-state index is 10.9. The summed E-state index contributed by atoms with van der Waals surface area (Å²) >= 11 is 6.02. The van der Waals surface area contributed by atoms with Gasteiger partial charge in [0.05, 0.1) is 10.6 Å². The van der Waals surface area contributed by atoms with E-state index in [0.29, 0.717) is 10.9 Å². The summed E-state index contributed by atoms with van der Waals surface area (Å²) in [5, 5.41) is 9.27. The Bertz CT molecular complexity index is 485. The maximum Gasteiger partial charge on any atom is 0.337 e. The zero-order valence-electron chi connectivity index (χ0n) is 12.0. The highest BCUT2D eigenvalue weighted by atomic mass is 35.5. The number of likely N-dealkylation sites (tertiary alicyclic amines) is 1. The molecule has 0 radical (unpaired) electrons. The van der Waals surface area contributed by atoms with E-state index in [9.17, 15) is 4.79 Å². The van der Waals surface area contributed by atoms with Crippen molar-refractivity contribution in [1.82, 2.24) is 4.90 Å². The number of carboxylic acids is 1. The van der Waals surface area contributed by atoms with Crippen LogP contribution in [-0.2, 0) is 0 Å². The van der Waals surface area contributed by atoms with Gasteiger partial charge in [-0.25, -0.2) is 4.79 Å². The summed E-state index contributed by atoms with van der Waals surface area (Å²) in [6, 6.07) is 5.13. The van der Waals surface area contributed by atoms with Crippen LogP contribution in [0.1, 0.15) is 23.2 Å². The lowest BCUT2D eigenvalue weighted by molar-refractivity contribution is 0.0697. The Morgan fingerprint density at radius 1 is 1.45 bits per heavy atom. The highest BCUT2D eigenvalue weighted by Crippen LogP contribution is 2.25. The van der Waals surface area contributed by atoms with Crippen LogP contribution in [0.25, 0.3) is 0 Å². The van der Waals surface area contributed by atoms with Crippen LogP contribution >= 0.6 is 11.6 Å². The molecule has 0 spiro atoms. The lowest BCUT2D eigenvalue weighted by Gasteiger charge is -2.32. The van der Waals surface area contributed by atoms with Crippen molar-refractivity contribution in [3.05, 3.63) is 28.8 Å². The number of carbonyl (C=O) groups is 1. The van der Waals surface area contributed by atoms with Gasteiger partial charge in [0.25, 0.3) is 0 Å². The predicted molar refractivity (Wildman–Crippen MR) is 81.9 cm³/mol. The van der Waals surface area contributed by atoms with Crippen LogP contribution in [-0.4, -0.2) is 49.7 Å². The maximum atomic E-state index is 10.9. The quantitative estimate of drug-likeness (QED) is 0.928. The Morgan fingerprint density at radius 3 is 2.65 bits per heavy atom. The van der Waals surface area contributed by atoms with Crippen molar-refractivity contribution in [3.8, 4) is 0 Å². The normalized spacial score (nSPS) is 17.1. The SMILES string of the molecule is CN1CCC(CN(C)c2ccc(C(=O)O)c(Cl)c2)CC1. The molecule has 1 heterocycles. The predicted octanol–water partition coefficient (Wildman–Crippen LogP) is 2.82. The highest BCUT2D eigenvalue weighted by Gasteiger charge is 2.19. The Balaban J connectivity index is 2.00. The van der Waals surface area contributed by atoms with E-state index in [-0.39, 0.29) is 5.56 Å². The van der Waals surface area contributed by atoms with Gasteiger partial charge in [0.15, 0.2) is 0 Å². The molecule has 0 saturated carbocycles. The first kappa shape index (κ1) is 15.1. The van der Waals surface area contributed by atoms with Crippen LogP contribution in [0.5, 0.6) is 0 Å². The minimum atomic E-state index is -0.987. The second-order valence-corrected chi connectivity index (χ2v) is 6.00. The van der Waals surface area contributed by atoms with E-state index in [1.165, 1.54) is 12.8 Å². The van der Waals surface area contributed by atoms with E-state index >= 15 is 0 Å². The van der Waals surface area contributed by atoms with Gasteiger partial charge in [-0.3, -0.25) is 0 Å². The topological polar surface area (TPSA) is 43.8 Å². The van der Waals surface area contributed by atoms with E-state index in [2.05, 4.69) is 16.8 Å². The van der Waals surface area contributed by atoms with Crippen molar-refractivity contribution in [2.45, 2.75) is 12.8 Å². The van der Waals surface area contributed by atoms with E-state index in [1.54, 1.807) is 12.1 Å². The van der Waals surface area contributed by atoms with Crippen molar-refractivity contribution >= 4 is 23.3 Å². The van der Waals surface area contributed by atoms with Gasteiger partial charge in [0.1, 0.15) is 0 Å². The number of nitrogens with zero attached hydrogens (tertiary/aromatic N) is 2. The van der Waals surface area contributed by atoms with Crippen LogP contribution in [0.2, 0.25) is 5.02 Å². The minimum Gasteiger partial charge on any atom is -0.478 e. The molecule has 0 aliphatic carbocycles. The summed E-state index contributed by atoms with van der Waals surface area (Å²) in [5.74, 6) is -0.298. The standard InChI is InChI=1S/C15H21ClN2O2/c1-17-7-5-11(6-8-17)10-18(2)12-3-4-13(15(19)20)14(16)9-12/h3-4,9,11H,5-8,10H2,1-2H3,(H,19,20). The average Bonchev–Trinajstić information content (AvgIpc) is 2.40. The van der Waals surface area contributed by atoms with Crippen molar-refractivity contribution in [2.75, 3.05) is 38.6 Å². The van der Waals surface area contributed by atoms with Gasteiger partial charge in [0, 0.05) is 19.3 Å². The molecular formula is C15H21ClN2O2. The van der Waals surface area contributed by atoms with Gasteiger partial charge in [-0.1, -0.05) is 11.6 Å². The molecule has 0 bridgehead atoms. The molecule has 1 aliphatic rings. The molecule has 0 atom stereocenters. The summed E-state index contributed by atoms with van der Waals surface area (Å²) in [4.78, 5) is 15.5. The number of anilines is 1. The van der Waals surface area contributed by atoms with Crippen LogP contribution in [0.15, 0.2) is 18.2 Å². The highest BCUT2D eigenvalue weighted by molar-refractivity contribution is 6.33. The van der Waals surface area contributed by atoms with Gasteiger partial charge in [-0.05, 0) is 57.1 Å². The van der Waals surface area contributed by atoms with Crippen molar-refractivity contribution < 1.29 is 9.90 Å². The van der Waals surface area contributed by atoms with Crippen LogP contribution < -0.4 is 4.90 Å². The number of piperidine rings is 1. The van der Waals surface area contributed by atoms with Gasteiger partial charge in [-0.2, -0.15) is 0 Å². The van der Waals surface area contributed by atoms with Gasteiger partial charge < -0.3 is 14.9 Å². The molecular weight excluding hydrogens is 276 g/mol. The first-order chi connectivity index (χ1) is 9.47. The number of hydrogen-bond donors (Lipinski definition) is 1. The molecule has 2 rings (SSSR count). The van der Waals surface area contributed by atoms with E-state index in [0.717, 1.165) is 25.3 Å². The second-order valence-electron chi connectivity index (χ2n) is 5.60. The Labute approximate surface area is 124 Å². The molecule has 4 nitrogen and oxygen atoms in total. The number of rotatable bonds is 4. The molecule has 20 heavy (non-hydrogen) atoms. The lowest BCUT2D eigenvalue weighted by atomic mass is 9.96. The van der Waals surface area contributed by atoms with Gasteiger partial charge in [-0.15, -0.1) is 0 Å². The minimum absolute atomic E-state index is 0.156. The zero-order chi connectivity index (χ0) is 14.7. The molecule has 0 aromatic heterocycles. The third-order valence-electron chi connectivity index (χ3n) is 3.99. The molecule has 0 amide bonds. The zero-order valence-corrected chi connectivity index (χ0v) is 12.7. The Morgan fingerprint density at radius 2 is 2.10 bits per heavy atom. The molecule has 1 N–H and O–H groups in total. The summed E-state index contributed by atoms with van der Waals surface area (Å²) < 4.78 is 0. The molecule has 1 aromatic rings. The third kappa shape index (κ3) is 3.64. The summed E-state index contributed by atoms with van der Waals surface area (Å²) in [6.45, 7) is 3.28. The smallest absolute Gasteiger partial charge is 0.337 e. The molecule has 1 saturated heterocycles. The number of benzene rings is 1. The van der Waals surface area contributed by atoms with Crippen molar-refractivity contribution in [3.63, 3.8) is 0 Å². The fourth-order valence-electron chi connectivity index (χ4n) is 2.65. The first-order valence-electron chi connectivity index (χ1n) is 6.90. The van der Waals surface area contributed by atoms with Crippen molar-refractivity contribution in [1.29, 1.82) is 0 Å². The van der Waals surface area contributed by atoms with Crippen LogP contribution in [0.4, 0.5) is 5.69 Å². The van der Waals surface area contributed by atoms with Gasteiger partial charge in [0.2, 0.25) is 0 Å². The molecule has 1 aromatic carbocycles. The third-order valence-corrected chi connectivity index (χ3v) is 4.31. The van der Waals surface area contributed by atoms with Gasteiger partial charge >= 0.3 is 5.97 Å². The number of hydrogen-bond acceptors (Lipinski definition) is 3. The Hall–Kier alpha value is -1.26. The second kappa shape index (κ2) is 6.46. The number of carboxylic acid groups (broad SMARTS) is 1. The summed E-state index contributed by atoms with van der Waals surface area (Å²) in [6.07, 6.45) is 2.42. The van der Waals surface area contributed by atoms with E-state index in [4.69, 9.17) is 16.7 Å².